The molecule has 1 heterocycles. The molecule has 0 saturated carbocycles. The van der Waals surface area contributed by atoms with Crippen molar-refractivity contribution >= 4 is 52.0 Å². The van der Waals surface area contributed by atoms with Crippen LogP contribution in [0.2, 0.25) is 0 Å². The zero-order valence-electron chi connectivity index (χ0n) is 39.8. The van der Waals surface area contributed by atoms with Crippen LogP contribution in [0, 0.1) is 17.5 Å². The Balaban J connectivity index is 0. The number of hydrogen-bond donors (Lipinski definition) is 3. The molecule has 0 radical (unpaired) electrons. The number of carboxylic acid groups (broad SMARTS) is 1. The molecule has 18 heteroatoms. The standard InChI is InChI=1S/C16H13FO3.C15H11FO3.C8H8FNO2.C7H5ClO.C4H8O2.C2H6.CH4.Na.H2O/c1-20-16(19)13-9-11(7-8-14(13)17)10-15(18)12-5-3-2-4-6-12;16-13-7-6-10(8-12(13)15(18)19)9-14(17)11-4-2-1-3-5-11;1-12-8(11)6-4-5(10)2-3-7(6)9;8-7(9)6-4-2-1-3-5-6;5-4-2-1-3-6-4;1-2;;;/h2-9H,10H2,1H3;1-8H,9H2,(H,18,19);2-4H,10H2,1H3;1-5H;4-5H,1-3H2;1-2H3;1H4;;1H2/q;;;;;;;+1;/p-1/i;;;;;1D;;;. The van der Waals surface area contributed by atoms with E-state index in [1.54, 1.807) is 85.8 Å². The first-order valence-electron chi connectivity index (χ1n) is 21.2. The second kappa shape index (κ2) is 36.4. The summed E-state index contributed by atoms with van der Waals surface area (Å²) in [7, 11) is 2.37. The number of carbonyl (C=O) groups is 6. The first-order valence-corrected chi connectivity index (χ1v) is 20.9. The second-order valence-electron chi connectivity index (χ2n) is 13.7. The maximum atomic E-state index is 13.5. The molecule has 1 atom stereocenters. The number of rotatable bonds is 10. The fourth-order valence-electron chi connectivity index (χ4n) is 5.56. The molecular formula is C53H56ClF3NNaO12. The molecule has 1 unspecified atom stereocenters. The third kappa shape index (κ3) is 24.3. The summed E-state index contributed by atoms with van der Waals surface area (Å²) in [6.07, 6.45) is 1.53. The number of ketones is 2. The Hall–Kier alpha value is -6.50. The minimum absolute atomic E-state index is 0. The smallest absolute Gasteiger partial charge is 0.870 e. The quantitative estimate of drug-likeness (QED) is 0.0391. The minimum atomic E-state index is -1.34. The van der Waals surface area contributed by atoms with Crippen molar-refractivity contribution in [2.45, 2.75) is 53.2 Å². The van der Waals surface area contributed by atoms with Crippen molar-refractivity contribution in [1.82, 2.24) is 0 Å². The van der Waals surface area contributed by atoms with Gasteiger partial charge in [-0.2, -0.15) is 0 Å². The van der Waals surface area contributed by atoms with E-state index in [9.17, 15) is 41.9 Å². The predicted octanol–water partition coefficient (Wildman–Crippen LogP) is 7.85. The Bertz CT molecular complexity index is 2590. The van der Waals surface area contributed by atoms with Crippen LogP contribution in [0.25, 0.3) is 0 Å². The molecule has 0 aromatic heterocycles. The van der Waals surface area contributed by atoms with E-state index in [1.165, 1.54) is 56.7 Å². The number of nitrogen functional groups attached to an aromatic ring is 1. The molecule has 7 rings (SSSR count). The van der Waals surface area contributed by atoms with Crippen molar-refractivity contribution < 1.29 is 103 Å². The van der Waals surface area contributed by atoms with Gasteiger partial charge in [0.25, 0.3) is 5.24 Å². The minimum Gasteiger partial charge on any atom is -0.870 e. The van der Waals surface area contributed by atoms with Crippen LogP contribution in [0.5, 0.6) is 0 Å². The van der Waals surface area contributed by atoms with E-state index in [2.05, 4.69) is 9.47 Å². The van der Waals surface area contributed by atoms with Gasteiger partial charge in [-0.15, -0.1) is 0 Å². The topological polar surface area (TPSA) is 227 Å². The molecule has 6 aromatic carbocycles. The number of carboxylic acids is 1. The molecule has 71 heavy (non-hydrogen) atoms. The number of aliphatic hydroxyl groups is 1. The van der Waals surface area contributed by atoms with Gasteiger partial charge >= 0.3 is 47.5 Å². The maximum Gasteiger partial charge on any atom is 1.00 e. The number of ether oxygens (including phenoxy) is 3. The van der Waals surface area contributed by atoms with E-state index in [0.717, 1.165) is 31.6 Å². The average molecular weight is 1020 g/mol. The number of esters is 2. The fraction of sp³-hybridized carbons (Fsp3) is 0.208. The van der Waals surface area contributed by atoms with Gasteiger partial charge in [-0.1, -0.05) is 124 Å². The number of halogens is 4. The van der Waals surface area contributed by atoms with Gasteiger partial charge in [-0.25, -0.2) is 27.6 Å². The van der Waals surface area contributed by atoms with Gasteiger partial charge in [0, 0.05) is 49.6 Å². The number of aromatic carboxylic acids is 1. The third-order valence-corrected chi connectivity index (χ3v) is 9.14. The monoisotopic (exact) mass is 1010 g/mol. The number of aliphatic hydroxyl groups excluding tert-OH is 1. The van der Waals surface area contributed by atoms with Crippen LogP contribution in [0.15, 0.2) is 146 Å². The molecule has 5 N–H and O–H groups in total. The van der Waals surface area contributed by atoms with Crippen LogP contribution in [0.4, 0.5) is 18.9 Å². The molecule has 0 bridgehead atoms. The van der Waals surface area contributed by atoms with Crippen molar-refractivity contribution in [3.8, 4) is 0 Å². The Morgan fingerprint density at radius 2 is 1.03 bits per heavy atom. The van der Waals surface area contributed by atoms with Gasteiger partial charge in [0.05, 0.1) is 30.9 Å². The maximum absolute atomic E-state index is 13.5. The van der Waals surface area contributed by atoms with Gasteiger partial charge in [-0.3, -0.25) is 14.4 Å². The van der Waals surface area contributed by atoms with Crippen LogP contribution in [0.3, 0.4) is 0 Å². The number of hydrogen-bond acceptors (Lipinski definition) is 12. The summed E-state index contributed by atoms with van der Waals surface area (Å²) in [4.78, 5) is 67.5. The molecule has 6 aromatic rings. The Morgan fingerprint density at radius 1 is 0.662 bits per heavy atom. The molecule has 13 nitrogen and oxygen atoms in total. The van der Waals surface area contributed by atoms with Crippen molar-refractivity contribution in [3.63, 3.8) is 0 Å². The van der Waals surface area contributed by atoms with Gasteiger partial charge in [0.2, 0.25) is 0 Å². The molecular weight excluding hydrogens is 958 g/mol. The van der Waals surface area contributed by atoms with E-state index in [1.807, 2.05) is 12.1 Å². The van der Waals surface area contributed by atoms with Crippen LogP contribution in [-0.2, 0) is 27.1 Å². The predicted molar refractivity (Wildman–Crippen MR) is 260 cm³/mol. The molecule has 1 aliphatic heterocycles. The van der Waals surface area contributed by atoms with Gasteiger partial charge in [0.15, 0.2) is 17.9 Å². The Kier molecular flexibility index (Phi) is 33.1. The van der Waals surface area contributed by atoms with E-state index in [-0.39, 0.29) is 78.0 Å². The van der Waals surface area contributed by atoms with E-state index in [0.29, 0.717) is 40.4 Å². The normalized spacial score (nSPS) is 11.5. The molecule has 374 valence electrons. The third-order valence-electron chi connectivity index (χ3n) is 8.92. The summed E-state index contributed by atoms with van der Waals surface area (Å²) in [6.45, 7) is 3.03. The first-order chi connectivity index (χ1) is 32.9. The summed E-state index contributed by atoms with van der Waals surface area (Å²) < 4.78 is 59.3. The molecule has 0 amide bonds. The first kappa shape index (κ1) is 64.5. The number of nitrogens with two attached hydrogens (primary N) is 1. The molecule has 1 fully saturated rings. The molecule has 0 aliphatic carbocycles. The average Bonchev–Trinajstić information content (AvgIpc) is 3.85. The number of benzene rings is 6. The number of methoxy groups -OCH3 is 2. The van der Waals surface area contributed by atoms with E-state index in [4.69, 9.17) is 33.7 Å². The van der Waals surface area contributed by atoms with Crippen LogP contribution in [-0.4, -0.2) is 77.5 Å². The van der Waals surface area contributed by atoms with Crippen molar-refractivity contribution in [2.24, 2.45) is 0 Å². The Morgan fingerprint density at radius 3 is 1.35 bits per heavy atom. The Labute approximate surface area is 439 Å². The summed E-state index contributed by atoms with van der Waals surface area (Å²) in [5.41, 5.74) is 7.67. The number of Topliss-reactive ketones (excluding diaryl/α,β-unsaturated/α-hetero) is 2. The summed E-state index contributed by atoms with van der Waals surface area (Å²) in [6, 6.07) is 37.6. The van der Waals surface area contributed by atoms with Gasteiger partial charge in [-0.05, 0) is 71.6 Å². The molecule has 0 spiro atoms. The number of carbonyl (C=O) groups excluding carboxylic acids is 5. The summed E-state index contributed by atoms with van der Waals surface area (Å²) >= 11 is 5.16. The van der Waals surface area contributed by atoms with E-state index >= 15 is 0 Å². The van der Waals surface area contributed by atoms with Crippen molar-refractivity contribution in [1.29, 1.82) is 0 Å². The van der Waals surface area contributed by atoms with Crippen molar-refractivity contribution in [3.05, 3.63) is 208 Å². The number of anilines is 1. The van der Waals surface area contributed by atoms with Crippen LogP contribution in [0.1, 0.15) is 109 Å². The second-order valence-corrected chi connectivity index (χ2v) is 14.0. The van der Waals surface area contributed by atoms with Gasteiger partial charge in [0.1, 0.15) is 17.5 Å². The fourth-order valence-corrected chi connectivity index (χ4v) is 5.68. The van der Waals surface area contributed by atoms with Crippen molar-refractivity contribution in [2.75, 3.05) is 26.6 Å². The largest absolute Gasteiger partial charge is 1.00 e. The SMILES string of the molecule is C.COC(=O)c1cc(CC(=O)c2ccccc2)ccc1F.COC(=O)c1cc(N)ccc1F.O=C(Cc1ccc(F)c(C(=O)O)c1)c1ccccc1.O=C(Cl)c1ccccc1.OC1CCCO1.[2H]CC.[Na+].[OH-]. The van der Waals surface area contributed by atoms with Gasteiger partial charge < -0.3 is 35.6 Å². The van der Waals surface area contributed by atoms with Crippen LogP contribution < -0.4 is 35.3 Å². The zero-order valence-corrected chi connectivity index (χ0v) is 41.5. The zero-order chi connectivity index (χ0) is 51.3. The molecule has 1 aliphatic rings. The van der Waals surface area contributed by atoms with E-state index < -0.39 is 52.5 Å². The molecule has 1 saturated heterocycles. The summed E-state index contributed by atoms with van der Waals surface area (Å²) in [5, 5.41) is 16.9. The summed E-state index contributed by atoms with van der Waals surface area (Å²) in [5.74, 6) is -5.13. The van der Waals surface area contributed by atoms with Crippen LogP contribution >= 0.6 is 11.6 Å².